The lowest BCUT2D eigenvalue weighted by Crippen LogP contribution is -1.94. The lowest BCUT2D eigenvalue weighted by atomic mass is 10.0. The lowest BCUT2D eigenvalue weighted by molar-refractivity contribution is 0.467. The minimum absolute atomic E-state index is 0.182. The molecule has 2 aromatic rings. The number of phenols is 1. The molecule has 0 aliphatic rings. The first kappa shape index (κ1) is 10.7. The Hall–Kier alpha value is -1.83. The Morgan fingerprint density at radius 3 is 2.06 bits per heavy atom. The van der Waals surface area contributed by atoms with Crippen molar-refractivity contribution in [2.75, 3.05) is 0 Å². The number of aromatic hydroxyl groups is 1. The molecule has 0 aromatic heterocycles. The van der Waals surface area contributed by atoms with Crippen molar-refractivity contribution in [3.63, 3.8) is 0 Å². The van der Waals surface area contributed by atoms with Gasteiger partial charge in [-0.25, -0.2) is 4.39 Å². The van der Waals surface area contributed by atoms with Crippen LogP contribution in [0.3, 0.4) is 0 Å². The first-order valence-corrected chi connectivity index (χ1v) is 5.27. The molecule has 82 valence electrons. The van der Waals surface area contributed by atoms with E-state index in [0.29, 0.717) is 18.4 Å². The Labute approximate surface area is 94.2 Å². The first-order valence-electron chi connectivity index (χ1n) is 5.27. The second-order valence-electron chi connectivity index (χ2n) is 3.72. The maximum atomic E-state index is 13.3. The quantitative estimate of drug-likeness (QED) is 0.834. The molecule has 0 atom stereocenters. The van der Waals surface area contributed by atoms with Crippen molar-refractivity contribution >= 4 is 0 Å². The van der Waals surface area contributed by atoms with Gasteiger partial charge in [-0.1, -0.05) is 36.4 Å². The summed E-state index contributed by atoms with van der Waals surface area (Å²) in [6, 6.07) is 13.9. The number of benzene rings is 2. The van der Waals surface area contributed by atoms with Gasteiger partial charge in [0.15, 0.2) is 0 Å². The fourth-order valence-corrected chi connectivity index (χ4v) is 1.69. The van der Waals surface area contributed by atoms with Crippen LogP contribution in [0.5, 0.6) is 5.75 Å². The topological polar surface area (TPSA) is 20.2 Å². The van der Waals surface area contributed by atoms with Crippen LogP contribution >= 0.6 is 0 Å². The van der Waals surface area contributed by atoms with Gasteiger partial charge in [-0.05, 0) is 36.1 Å². The summed E-state index contributed by atoms with van der Waals surface area (Å²) in [4.78, 5) is 0. The molecule has 0 saturated heterocycles. The van der Waals surface area contributed by atoms with E-state index in [4.69, 9.17) is 0 Å². The molecular weight excluding hydrogens is 203 g/mol. The maximum Gasteiger partial charge on any atom is 0.126 e. The molecule has 0 unspecified atom stereocenters. The number of phenolic OH excluding ortho intramolecular Hbond substituents is 1. The molecule has 2 aromatic carbocycles. The van der Waals surface area contributed by atoms with Crippen LogP contribution < -0.4 is 0 Å². The third-order valence-corrected chi connectivity index (χ3v) is 2.61. The van der Waals surface area contributed by atoms with E-state index in [9.17, 15) is 9.50 Å². The average molecular weight is 216 g/mol. The highest BCUT2D eigenvalue weighted by Gasteiger charge is 2.03. The molecule has 0 fully saturated rings. The lowest BCUT2D eigenvalue weighted by Gasteiger charge is -2.05. The maximum absolute atomic E-state index is 13.3. The smallest absolute Gasteiger partial charge is 0.126 e. The van der Waals surface area contributed by atoms with Gasteiger partial charge in [-0.3, -0.25) is 0 Å². The molecule has 0 saturated carbocycles. The molecule has 0 aliphatic carbocycles. The highest BCUT2D eigenvalue weighted by molar-refractivity contribution is 5.32. The van der Waals surface area contributed by atoms with Gasteiger partial charge in [-0.15, -0.1) is 0 Å². The van der Waals surface area contributed by atoms with E-state index in [1.54, 1.807) is 24.3 Å². The van der Waals surface area contributed by atoms with Crippen LogP contribution in [0.15, 0.2) is 48.5 Å². The van der Waals surface area contributed by atoms with Crippen molar-refractivity contribution in [2.24, 2.45) is 0 Å². The summed E-state index contributed by atoms with van der Waals surface area (Å²) >= 11 is 0. The highest BCUT2D eigenvalue weighted by Crippen LogP contribution is 2.18. The van der Waals surface area contributed by atoms with Gasteiger partial charge in [0.25, 0.3) is 0 Å². The van der Waals surface area contributed by atoms with Crippen molar-refractivity contribution in [3.05, 3.63) is 65.5 Å². The van der Waals surface area contributed by atoms with E-state index in [1.165, 1.54) is 6.07 Å². The molecule has 2 heteroatoms. The number of para-hydroxylation sites is 1. The van der Waals surface area contributed by atoms with Crippen LogP contribution in [0.1, 0.15) is 11.1 Å². The van der Waals surface area contributed by atoms with E-state index in [-0.39, 0.29) is 11.6 Å². The van der Waals surface area contributed by atoms with Crippen LogP contribution in [0.2, 0.25) is 0 Å². The minimum Gasteiger partial charge on any atom is -0.508 e. The van der Waals surface area contributed by atoms with Crippen molar-refractivity contribution in [3.8, 4) is 5.75 Å². The predicted octanol–water partition coefficient (Wildman–Crippen LogP) is 3.32. The third-order valence-electron chi connectivity index (χ3n) is 2.61. The third kappa shape index (κ3) is 2.40. The molecule has 1 nitrogen and oxygen atoms in total. The molecular formula is C14H13FO. The molecule has 1 N–H and O–H groups in total. The van der Waals surface area contributed by atoms with Gasteiger partial charge in [0.1, 0.15) is 11.6 Å². The normalized spacial score (nSPS) is 10.3. The van der Waals surface area contributed by atoms with Crippen LogP contribution in [-0.2, 0) is 12.8 Å². The number of rotatable bonds is 3. The zero-order valence-electron chi connectivity index (χ0n) is 8.86. The van der Waals surface area contributed by atoms with Crippen molar-refractivity contribution in [1.82, 2.24) is 0 Å². The molecule has 0 heterocycles. The number of aryl methyl sites for hydroxylation is 2. The second-order valence-corrected chi connectivity index (χ2v) is 3.72. The Bertz CT molecular complexity index is 434. The number of hydrogen-bond donors (Lipinski definition) is 1. The van der Waals surface area contributed by atoms with E-state index in [2.05, 4.69) is 0 Å². The van der Waals surface area contributed by atoms with Crippen molar-refractivity contribution < 1.29 is 9.50 Å². The van der Waals surface area contributed by atoms with Gasteiger partial charge in [-0.2, -0.15) is 0 Å². The second kappa shape index (κ2) is 4.79. The zero-order valence-corrected chi connectivity index (χ0v) is 8.86. The highest BCUT2D eigenvalue weighted by atomic mass is 19.1. The van der Waals surface area contributed by atoms with Crippen LogP contribution in [0.4, 0.5) is 4.39 Å². The van der Waals surface area contributed by atoms with Crippen LogP contribution in [0.25, 0.3) is 0 Å². The molecule has 0 amide bonds. The molecule has 2 rings (SSSR count). The summed E-state index contributed by atoms with van der Waals surface area (Å²) in [5.41, 5.74) is 1.54. The average Bonchev–Trinajstić information content (AvgIpc) is 2.30. The summed E-state index contributed by atoms with van der Waals surface area (Å²) in [7, 11) is 0. The fourth-order valence-electron chi connectivity index (χ4n) is 1.69. The van der Waals surface area contributed by atoms with E-state index in [1.807, 2.05) is 18.2 Å². The summed E-state index contributed by atoms with van der Waals surface area (Å²) in [6.07, 6.45) is 1.25. The molecule has 0 bridgehead atoms. The van der Waals surface area contributed by atoms with E-state index >= 15 is 0 Å². The zero-order chi connectivity index (χ0) is 11.4. The summed E-state index contributed by atoms with van der Waals surface area (Å²) in [5, 5.41) is 9.56. The summed E-state index contributed by atoms with van der Waals surface area (Å²) in [5.74, 6) is 0.0942. The van der Waals surface area contributed by atoms with Gasteiger partial charge in [0.2, 0.25) is 0 Å². The predicted molar refractivity (Wildman–Crippen MR) is 61.9 cm³/mol. The fraction of sp³-hybridized carbons (Fsp3) is 0.143. The van der Waals surface area contributed by atoms with Crippen molar-refractivity contribution in [2.45, 2.75) is 12.8 Å². The monoisotopic (exact) mass is 216 g/mol. The Kier molecular flexibility index (Phi) is 3.20. The summed E-state index contributed by atoms with van der Waals surface area (Å²) in [6.45, 7) is 0. The number of halogens is 1. The molecule has 16 heavy (non-hydrogen) atoms. The van der Waals surface area contributed by atoms with Gasteiger partial charge in [0, 0.05) is 0 Å². The van der Waals surface area contributed by atoms with Gasteiger partial charge in [0.05, 0.1) is 0 Å². The van der Waals surface area contributed by atoms with Gasteiger partial charge >= 0.3 is 0 Å². The van der Waals surface area contributed by atoms with E-state index < -0.39 is 0 Å². The largest absolute Gasteiger partial charge is 0.508 e. The first-order chi connectivity index (χ1) is 7.77. The van der Waals surface area contributed by atoms with Crippen molar-refractivity contribution in [1.29, 1.82) is 0 Å². The molecule has 0 aliphatic heterocycles. The standard InChI is InChI=1S/C14H13FO/c15-13-7-3-1-5-11(13)9-10-12-6-2-4-8-14(12)16/h1-8,16H,9-10H2. The molecule has 0 spiro atoms. The SMILES string of the molecule is Oc1ccccc1CCc1ccccc1F. The number of hydrogen-bond acceptors (Lipinski definition) is 1. The Morgan fingerprint density at radius 1 is 0.812 bits per heavy atom. The van der Waals surface area contributed by atoms with E-state index in [0.717, 1.165) is 5.56 Å². The Balaban J connectivity index is 2.09. The van der Waals surface area contributed by atoms with Gasteiger partial charge < -0.3 is 5.11 Å². The molecule has 0 radical (unpaired) electrons. The summed E-state index contributed by atoms with van der Waals surface area (Å²) < 4.78 is 13.3. The minimum atomic E-state index is -0.182. The Morgan fingerprint density at radius 2 is 1.38 bits per heavy atom. The van der Waals surface area contributed by atoms with Crippen LogP contribution in [-0.4, -0.2) is 5.11 Å². The van der Waals surface area contributed by atoms with Crippen LogP contribution in [0, 0.1) is 5.82 Å².